The van der Waals surface area contributed by atoms with E-state index in [4.69, 9.17) is 11.8 Å². The van der Waals surface area contributed by atoms with Crippen LogP contribution in [0.15, 0.2) is 24.0 Å². The van der Waals surface area contributed by atoms with Crippen molar-refractivity contribution in [2.24, 2.45) is 0 Å². The first-order chi connectivity index (χ1) is 5.84. The molecule has 0 saturated heterocycles. The van der Waals surface area contributed by atoms with Crippen molar-refractivity contribution < 1.29 is 4.90 Å². The molecule has 0 saturated carbocycles. The highest BCUT2D eigenvalue weighted by Crippen LogP contribution is 2.03. The second kappa shape index (κ2) is 6.63. The molecule has 1 unspecified atom stereocenters. The highest BCUT2D eigenvalue weighted by molar-refractivity contribution is 5.09. The van der Waals surface area contributed by atoms with Gasteiger partial charge in [-0.15, -0.1) is 0 Å². The molecule has 66 valence electrons. The topological polar surface area (TPSA) is 28.2 Å². The van der Waals surface area contributed by atoms with Gasteiger partial charge in [0.15, 0.2) is 0 Å². The van der Waals surface area contributed by atoms with Crippen LogP contribution < -0.4 is 4.90 Å². The Morgan fingerprint density at radius 1 is 1.50 bits per heavy atom. The summed E-state index contributed by atoms with van der Waals surface area (Å²) in [6, 6.07) is 0. The monoisotopic (exact) mass is 164 g/mol. The molecule has 0 aromatic heterocycles. The average molecular weight is 164 g/mol. The lowest BCUT2D eigenvalue weighted by molar-refractivity contribution is -0.780. The lowest BCUT2D eigenvalue weighted by Crippen LogP contribution is -3.01. The number of nitrogens with zero attached hydrogens (tertiary/aromatic N) is 1. The van der Waals surface area contributed by atoms with E-state index >= 15 is 0 Å². The Hall–Kier alpha value is -1.07. The maximum absolute atomic E-state index is 6.25. The van der Waals surface area contributed by atoms with Gasteiger partial charge >= 0.3 is 0 Å². The molecule has 0 aromatic rings. The van der Waals surface area contributed by atoms with E-state index in [0.29, 0.717) is 0 Å². The van der Waals surface area contributed by atoms with Crippen molar-refractivity contribution in [1.29, 1.82) is 5.26 Å². The van der Waals surface area contributed by atoms with Gasteiger partial charge in [0.05, 0.1) is 13.2 Å². The summed E-state index contributed by atoms with van der Waals surface area (Å²) in [4.78, 5) is 1.45. The largest absolute Gasteiger partial charge is 0.512 e. The Kier molecular flexibility index (Phi) is 6.04. The van der Waals surface area contributed by atoms with Crippen LogP contribution in [0.5, 0.6) is 0 Å². The molecule has 1 N–H and O–H groups in total. The molecule has 0 radical (unpaired) electrons. The predicted octanol–water partition coefficient (Wildman–Crippen LogP) is 1.20. The lowest BCUT2D eigenvalue weighted by Gasteiger charge is -2.06. The van der Waals surface area contributed by atoms with Crippen LogP contribution >= 0.6 is 0 Å². The zero-order chi connectivity index (χ0) is 9.40. The zero-order valence-corrected chi connectivity index (χ0v) is 7.80. The molecule has 1 aliphatic rings. The van der Waals surface area contributed by atoms with Crippen molar-refractivity contribution in [2.45, 2.75) is 26.2 Å². The van der Waals surface area contributed by atoms with Gasteiger partial charge in [-0.2, -0.15) is 0 Å². The number of unbranched alkanes of at least 4 members (excludes halogenated alkanes) is 1. The summed E-state index contributed by atoms with van der Waals surface area (Å²) < 4.78 is 0. The van der Waals surface area contributed by atoms with Crippen LogP contribution in [0.25, 0.3) is 0 Å². The van der Waals surface area contributed by atoms with Crippen molar-refractivity contribution in [3.63, 3.8) is 0 Å². The first-order valence-corrected chi connectivity index (χ1v) is 4.28. The SMILES string of the molecule is CCCCC1=CC=C[NH+]1C.[C-]#N. The molecule has 1 aliphatic heterocycles. The number of nitrogens with one attached hydrogen (secondary N) is 1. The van der Waals surface area contributed by atoms with Gasteiger partial charge in [-0.05, 0) is 12.5 Å². The smallest absolute Gasteiger partial charge is 0.112 e. The van der Waals surface area contributed by atoms with E-state index in [-0.39, 0.29) is 0 Å². The molecule has 1 rings (SSSR count). The van der Waals surface area contributed by atoms with Crippen LogP contribution in [0.1, 0.15) is 26.2 Å². The van der Waals surface area contributed by atoms with Gasteiger partial charge in [-0.25, -0.2) is 0 Å². The maximum Gasteiger partial charge on any atom is 0.112 e. The lowest BCUT2D eigenvalue weighted by atomic mass is 10.2. The van der Waals surface area contributed by atoms with Crippen LogP contribution in [0, 0.1) is 11.8 Å². The predicted molar refractivity (Wildman–Crippen MR) is 48.6 cm³/mol. The minimum Gasteiger partial charge on any atom is -0.512 e. The molecule has 1 atom stereocenters. The van der Waals surface area contributed by atoms with E-state index in [0.717, 1.165) is 0 Å². The Morgan fingerprint density at radius 2 is 2.17 bits per heavy atom. The van der Waals surface area contributed by atoms with Gasteiger partial charge in [-0.1, -0.05) is 13.3 Å². The van der Waals surface area contributed by atoms with Crippen LogP contribution in [-0.4, -0.2) is 7.05 Å². The number of allylic oxidation sites excluding steroid dienone is 3. The summed E-state index contributed by atoms with van der Waals surface area (Å²) in [5.74, 6) is 0. The fourth-order valence-electron chi connectivity index (χ4n) is 1.19. The molecule has 2 nitrogen and oxygen atoms in total. The molecule has 0 bridgehead atoms. The van der Waals surface area contributed by atoms with Crippen molar-refractivity contribution in [1.82, 2.24) is 0 Å². The molecule has 1 heterocycles. The first kappa shape index (κ1) is 10.9. The van der Waals surface area contributed by atoms with Crippen molar-refractivity contribution in [3.8, 4) is 0 Å². The standard InChI is InChI=1S/C9H15N.CN/c1-3-4-6-9-7-5-8-10(9)2;1-2/h5,7-8H,3-4,6H2,1-2H3;/q;-1/p+1. The molecule has 2 heteroatoms. The third kappa shape index (κ3) is 3.36. The summed E-state index contributed by atoms with van der Waals surface area (Å²) in [5.41, 5.74) is 1.53. The number of hydrogen-bond acceptors (Lipinski definition) is 1. The molecule has 0 fully saturated rings. The number of rotatable bonds is 3. The minimum absolute atomic E-state index is 1.26. The summed E-state index contributed by atoms with van der Waals surface area (Å²) in [7, 11) is 2.19. The molecule has 0 aliphatic carbocycles. The van der Waals surface area contributed by atoms with Gasteiger partial charge in [0.2, 0.25) is 0 Å². The van der Waals surface area contributed by atoms with E-state index in [2.05, 4.69) is 32.3 Å². The van der Waals surface area contributed by atoms with Crippen LogP contribution in [-0.2, 0) is 0 Å². The first-order valence-electron chi connectivity index (χ1n) is 4.28. The van der Waals surface area contributed by atoms with Crippen molar-refractivity contribution in [2.75, 3.05) is 7.05 Å². The Balaban J connectivity index is 0.000000561. The van der Waals surface area contributed by atoms with E-state index in [1.54, 1.807) is 0 Å². The third-order valence-electron chi connectivity index (χ3n) is 1.95. The van der Waals surface area contributed by atoms with Gasteiger partial charge in [0, 0.05) is 12.5 Å². The number of quaternary nitrogens is 1. The third-order valence-corrected chi connectivity index (χ3v) is 1.95. The highest BCUT2D eigenvalue weighted by atomic mass is 15.1. The molecular weight excluding hydrogens is 148 g/mol. The normalized spacial score (nSPS) is 19.7. The quantitative estimate of drug-likeness (QED) is 0.624. The highest BCUT2D eigenvalue weighted by Gasteiger charge is 2.09. The van der Waals surface area contributed by atoms with Gasteiger partial charge in [0.1, 0.15) is 5.70 Å². The molecular formula is C10H16N2. The summed E-state index contributed by atoms with van der Waals surface area (Å²) >= 11 is 0. The van der Waals surface area contributed by atoms with Gasteiger partial charge in [-0.3, -0.25) is 4.90 Å². The van der Waals surface area contributed by atoms with E-state index < -0.39 is 0 Å². The fraction of sp³-hybridized carbons (Fsp3) is 0.500. The van der Waals surface area contributed by atoms with Crippen LogP contribution in [0.2, 0.25) is 0 Å². The maximum atomic E-state index is 6.25. The summed E-state index contributed by atoms with van der Waals surface area (Å²) in [6.45, 7) is 6.98. The van der Waals surface area contributed by atoms with Gasteiger partial charge < -0.3 is 11.8 Å². The second-order valence-corrected chi connectivity index (χ2v) is 2.84. The summed E-state index contributed by atoms with van der Waals surface area (Å²) in [5, 5.41) is 6.25. The fourth-order valence-corrected chi connectivity index (χ4v) is 1.19. The molecule has 0 amide bonds. The minimum atomic E-state index is 1.26. The van der Waals surface area contributed by atoms with Crippen molar-refractivity contribution >= 4 is 0 Å². The second-order valence-electron chi connectivity index (χ2n) is 2.84. The molecule has 0 spiro atoms. The van der Waals surface area contributed by atoms with Crippen molar-refractivity contribution in [3.05, 3.63) is 30.6 Å². The van der Waals surface area contributed by atoms with E-state index in [1.165, 1.54) is 29.9 Å². The summed E-state index contributed by atoms with van der Waals surface area (Å²) in [6.07, 6.45) is 10.4. The molecule has 12 heavy (non-hydrogen) atoms. The Morgan fingerprint density at radius 3 is 2.58 bits per heavy atom. The Labute approximate surface area is 74.8 Å². The van der Waals surface area contributed by atoms with E-state index in [9.17, 15) is 0 Å². The average Bonchev–Trinajstić information content (AvgIpc) is 2.51. The Bertz CT molecular complexity index is 189. The van der Waals surface area contributed by atoms with Crippen LogP contribution in [0.3, 0.4) is 0 Å². The zero-order valence-electron chi connectivity index (χ0n) is 7.80. The molecule has 0 aromatic carbocycles. The van der Waals surface area contributed by atoms with E-state index in [1.807, 2.05) is 0 Å². The van der Waals surface area contributed by atoms with Gasteiger partial charge in [0.25, 0.3) is 0 Å². The van der Waals surface area contributed by atoms with Crippen LogP contribution in [0.4, 0.5) is 0 Å². The number of hydrogen-bond donors (Lipinski definition) is 1.